The third-order valence-corrected chi connectivity index (χ3v) is 0. The Balaban J connectivity index is -0.0000000800. The van der Waals surface area contributed by atoms with Crippen LogP contribution in [0.15, 0.2) is 0 Å². The monoisotopic (exact) mass is 232 g/mol. The van der Waals surface area contributed by atoms with E-state index in [0.717, 1.165) is 0 Å². The van der Waals surface area contributed by atoms with Crippen molar-refractivity contribution in [2.75, 3.05) is 0 Å². The predicted octanol–water partition coefficient (Wildman–Crippen LogP) is -11.6. The molecule has 0 aliphatic heterocycles. The molecule has 0 unspecified atom stereocenters. The fraction of sp³-hybridized carbons (Fsp3) is 0. The Bertz CT molecular complexity index is 23.6. The fourth-order valence-electron chi connectivity index (χ4n) is 0. The maximum absolute atomic E-state index is 8.62. The van der Waals surface area contributed by atoms with Gasteiger partial charge in [0.15, 0.2) is 0 Å². The average Bonchev–Trinajstić information content (AvgIpc) is 0.722. The van der Waals surface area contributed by atoms with E-state index in [1.54, 1.807) is 0 Å². The molecule has 0 radical (unpaired) electrons. The van der Waals surface area contributed by atoms with Gasteiger partial charge in [-0.2, -0.15) is 0 Å². The molecule has 5 nitrogen and oxygen atoms in total. The Kier molecular flexibility index (Phi) is 12.8. The summed E-state index contributed by atoms with van der Waals surface area (Å²) in [6.45, 7) is 0. The Morgan fingerprint density at radius 2 is 0.857 bits per heavy atom. The van der Waals surface area contributed by atoms with Gasteiger partial charge in [-0.1, -0.05) is 0 Å². The van der Waals surface area contributed by atoms with Crippen LogP contribution in [0.3, 0.4) is 0 Å². The molecular formula is H2INaO5. The second kappa shape index (κ2) is 5.66. The zero-order valence-electron chi connectivity index (χ0n) is 3.51. The van der Waals surface area contributed by atoms with Crippen LogP contribution in [0.1, 0.15) is 0 Å². The molecule has 0 aromatic carbocycles. The van der Waals surface area contributed by atoms with E-state index in [-0.39, 0.29) is 35.0 Å². The standard InChI is InChI=1S/IO4.Na.H2O/c2-1(3,4)5;;/h;;1H2/q-1;+1;. The van der Waals surface area contributed by atoms with Gasteiger partial charge >= 0.3 is 29.6 Å². The minimum Gasteiger partial charge on any atom is -0.412 e. The third-order valence-electron chi connectivity index (χ3n) is 0. The molecule has 0 saturated heterocycles. The zero-order chi connectivity index (χ0) is 4.50. The predicted molar refractivity (Wildman–Crippen MR) is 3.61 cm³/mol. The molecule has 7 heteroatoms. The van der Waals surface area contributed by atoms with E-state index in [0.29, 0.717) is 0 Å². The van der Waals surface area contributed by atoms with Gasteiger partial charge in [-0.25, -0.2) is 0 Å². The molecule has 40 valence electrons. The van der Waals surface area contributed by atoms with Crippen molar-refractivity contribution in [3.8, 4) is 0 Å². The van der Waals surface area contributed by atoms with E-state index < -0.39 is 20.1 Å². The van der Waals surface area contributed by atoms with Gasteiger partial charge in [0.25, 0.3) is 0 Å². The number of rotatable bonds is 0. The molecule has 2 N–H and O–H groups in total. The van der Waals surface area contributed by atoms with Gasteiger partial charge in [-0.3, -0.25) is 13.7 Å². The molecule has 0 fully saturated rings. The van der Waals surface area contributed by atoms with E-state index >= 15 is 0 Å². The summed E-state index contributed by atoms with van der Waals surface area (Å²) in [6, 6.07) is 0. The van der Waals surface area contributed by atoms with Crippen molar-refractivity contribution >= 4 is 0 Å². The van der Waals surface area contributed by atoms with Crippen molar-refractivity contribution in [3.05, 3.63) is 0 Å². The molecule has 0 bridgehead atoms. The SMILES string of the molecule is O.[Na+].[O-][I+3]([O-])([O-])[O-]. The number of halogens is 1. The summed E-state index contributed by atoms with van der Waals surface area (Å²) >= 11 is -5.94. The summed E-state index contributed by atoms with van der Waals surface area (Å²) in [5.41, 5.74) is 0. The van der Waals surface area contributed by atoms with Gasteiger partial charge in [-0.15, -0.1) is 0 Å². The van der Waals surface area contributed by atoms with Gasteiger partial charge in [-0.05, 0) is 0 Å². The maximum Gasteiger partial charge on any atom is 1.00 e. The third kappa shape index (κ3) is 98.4. The largest absolute Gasteiger partial charge is 1.00 e. The van der Waals surface area contributed by atoms with Crippen molar-refractivity contribution < 1.29 is 68.9 Å². The molecule has 0 aliphatic rings. The molecule has 7 heavy (non-hydrogen) atoms. The second-order valence-corrected chi connectivity index (χ2v) is 2.54. The molecule has 0 aromatic rings. The first-order valence-corrected chi connectivity index (χ1v) is 4.14. The first-order chi connectivity index (χ1) is 2.00. The van der Waals surface area contributed by atoms with Crippen LogP contribution in [-0.4, -0.2) is 5.48 Å². The summed E-state index contributed by atoms with van der Waals surface area (Å²) in [5.74, 6) is 0. The Labute approximate surface area is 68.3 Å². The van der Waals surface area contributed by atoms with Crippen molar-refractivity contribution in [1.29, 1.82) is 0 Å². The van der Waals surface area contributed by atoms with Crippen LogP contribution in [0.25, 0.3) is 0 Å². The molecule has 0 spiro atoms. The van der Waals surface area contributed by atoms with Crippen molar-refractivity contribution in [1.82, 2.24) is 0 Å². The summed E-state index contributed by atoms with van der Waals surface area (Å²) in [4.78, 5) is 0. The van der Waals surface area contributed by atoms with Crippen molar-refractivity contribution in [3.63, 3.8) is 0 Å². The smallest absolute Gasteiger partial charge is 0.412 e. The van der Waals surface area contributed by atoms with Crippen LogP contribution in [-0.2, 0) is 0 Å². The van der Waals surface area contributed by atoms with E-state index in [4.69, 9.17) is 13.7 Å². The van der Waals surface area contributed by atoms with E-state index in [1.807, 2.05) is 0 Å². The summed E-state index contributed by atoms with van der Waals surface area (Å²) in [7, 11) is 0. The first-order valence-electron chi connectivity index (χ1n) is 0.617. The molecule has 0 amide bonds. The normalized spacial score (nSPS) is 8.57. The van der Waals surface area contributed by atoms with Gasteiger partial charge in [0.05, 0.1) is 0 Å². The van der Waals surface area contributed by atoms with Crippen LogP contribution in [0.4, 0.5) is 0 Å². The minimum atomic E-state index is -5.94. The number of hydrogen-bond donors (Lipinski definition) is 0. The first kappa shape index (κ1) is 15.8. The van der Waals surface area contributed by atoms with Crippen LogP contribution in [0, 0.1) is 0 Å². The van der Waals surface area contributed by atoms with Crippen LogP contribution < -0.4 is 63.4 Å². The molecule has 0 rings (SSSR count). The Hall–Kier alpha value is 1.53. The Morgan fingerprint density at radius 3 is 0.857 bits per heavy atom. The van der Waals surface area contributed by atoms with Crippen LogP contribution in [0.2, 0.25) is 0 Å². The Morgan fingerprint density at radius 1 is 0.857 bits per heavy atom. The van der Waals surface area contributed by atoms with Crippen LogP contribution in [0.5, 0.6) is 0 Å². The second-order valence-electron chi connectivity index (χ2n) is 0.378. The van der Waals surface area contributed by atoms with Crippen molar-refractivity contribution in [2.45, 2.75) is 0 Å². The molecular weight excluding hydrogens is 230 g/mol. The molecule has 0 aliphatic carbocycles. The molecule has 0 aromatic heterocycles. The van der Waals surface area contributed by atoms with Crippen molar-refractivity contribution in [2.24, 2.45) is 0 Å². The topological polar surface area (TPSA) is 124 Å². The minimum absolute atomic E-state index is 0. The van der Waals surface area contributed by atoms with Gasteiger partial charge in [0, 0.05) is 0 Å². The van der Waals surface area contributed by atoms with E-state index in [9.17, 15) is 0 Å². The number of hydrogen-bond acceptors (Lipinski definition) is 4. The summed E-state index contributed by atoms with van der Waals surface area (Å²) < 4.78 is 34.5. The summed E-state index contributed by atoms with van der Waals surface area (Å²) in [5, 5.41) is 0. The summed E-state index contributed by atoms with van der Waals surface area (Å²) in [6.07, 6.45) is 0. The van der Waals surface area contributed by atoms with E-state index in [2.05, 4.69) is 0 Å². The fourth-order valence-corrected chi connectivity index (χ4v) is 0. The van der Waals surface area contributed by atoms with Gasteiger partial charge in [0.2, 0.25) is 0 Å². The van der Waals surface area contributed by atoms with E-state index in [1.165, 1.54) is 0 Å². The quantitative estimate of drug-likeness (QED) is 0.303. The molecule has 0 saturated carbocycles. The molecule has 0 atom stereocenters. The molecule has 0 heterocycles. The van der Waals surface area contributed by atoms with Crippen LogP contribution >= 0.6 is 0 Å². The maximum atomic E-state index is 8.62. The average molecular weight is 232 g/mol. The van der Waals surface area contributed by atoms with Gasteiger partial charge in [0.1, 0.15) is 20.1 Å². The zero-order valence-corrected chi connectivity index (χ0v) is 7.67. The van der Waals surface area contributed by atoms with Gasteiger partial charge < -0.3 is 5.48 Å².